The van der Waals surface area contributed by atoms with Crippen molar-refractivity contribution < 1.29 is 165 Å². The maximum atomic E-state index is 12.3. The predicted octanol–water partition coefficient (Wildman–Crippen LogP) is -4.59. The first-order valence-electron chi connectivity index (χ1n) is 19.1. The van der Waals surface area contributed by atoms with Gasteiger partial charge in [-0.25, -0.2) is 0 Å². The molecular formula is C38H53N2Na3O16S4+4. The SMILES string of the molecule is COCCOCCN1C(=CC=CC2=[N+](CCCCCC(=O)O)c3ccc(S(=O)(=O)O)cc3C2(C)CCCS(=O)(=O)O)C(C)(CCCS(=O)(=O)O)c2cc(S(=O)(=O)O)ccc21.[Na+].[Na+].[Na+]. The molecule has 18 nitrogen and oxygen atoms in total. The molecule has 0 saturated carbocycles. The normalized spacial score (nSPS) is 19.4. The van der Waals surface area contributed by atoms with Crippen LogP contribution in [-0.2, 0) is 65.6 Å². The molecule has 2 aliphatic heterocycles. The molecule has 0 amide bonds. The minimum absolute atomic E-state index is 0. The van der Waals surface area contributed by atoms with Crippen LogP contribution in [0.5, 0.6) is 0 Å². The van der Waals surface area contributed by atoms with Crippen LogP contribution in [-0.4, -0.2) is 125 Å². The Morgan fingerprint density at radius 2 is 1.29 bits per heavy atom. The Bertz CT molecular complexity index is 2480. The zero-order valence-corrected chi connectivity index (χ0v) is 45.8. The topological polar surface area (TPSA) is 279 Å². The van der Waals surface area contributed by atoms with Gasteiger partial charge in [0.2, 0.25) is 5.69 Å². The number of benzene rings is 2. The number of nitrogens with zero attached hydrogens (tertiary/aromatic N) is 2. The zero-order valence-electron chi connectivity index (χ0n) is 36.6. The van der Waals surface area contributed by atoms with Crippen LogP contribution in [0.3, 0.4) is 0 Å². The van der Waals surface area contributed by atoms with Crippen LogP contribution >= 0.6 is 0 Å². The molecule has 0 bridgehead atoms. The van der Waals surface area contributed by atoms with Gasteiger partial charge in [-0.3, -0.25) is 23.0 Å². The number of hydrogen-bond donors (Lipinski definition) is 5. The number of hydrogen-bond acceptors (Lipinski definition) is 12. The molecule has 63 heavy (non-hydrogen) atoms. The van der Waals surface area contributed by atoms with E-state index < -0.39 is 78.6 Å². The summed E-state index contributed by atoms with van der Waals surface area (Å²) in [6.45, 7) is 4.85. The van der Waals surface area contributed by atoms with E-state index in [0.29, 0.717) is 66.3 Å². The Hall–Kier alpha value is -0.580. The van der Waals surface area contributed by atoms with Gasteiger partial charge < -0.3 is 19.5 Å². The van der Waals surface area contributed by atoms with E-state index in [1.807, 2.05) is 9.48 Å². The van der Waals surface area contributed by atoms with E-state index in [4.69, 9.17) is 14.6 Å². The summed E-state index contributed by atoms with van der Waals surface area (Å²) in [4.78, 5) is 12.3. The van der Waals surface area contributed by atoms with Crippen molar-refractivity contribution in [2.45, 2.75) is 85.8 Å². The van der Waals surface area contributed by atoms with Crippen molar-refractivity contribution in [2.75, 3.05) is 56.4 Å². The Morgan fingerprint density at radius 1 is 0.730 bits per heavy atom. The largest absolute Gasteiger partial charge is 1.00 e. The molecule has 0 aromatic heterocycles. The van der Waals surface area contributed by atoms with Crippen molar-refractivity contribution in [3.8, 4) is 0 Å². The van der Waals surface area contributed by atoms with Crippen LogP contribution in [0.25, 0.3) is 0 Å². The smallest absolute Gasteiger partial charge is 0.481 e. The van der Waals surface area contributed by atoms with Crippen molar-refractivity contribution in [1.29, 1.82) is 0 Å². The Labute approximate surface area is 436 Å². The number of aliphatic carboxylic acids is 1. The quantitative estimate of drug-likeness (QED) is 0.0287. The number of anilines is 1. The fourth-order valence-electron chi connectivity index (χ4n) is 7.96. The average Bonchev–Trinajstić information content (AvgIpc) is 3.49. The summed E-state index contributed by atoms with van der Waals surface area (Å²) in [5.74, 6) is -2.14. The van der Waals surface area contributed by atoms with E-state index in [-0.39, 0.29) is 141 Å². The van der Waals surface area contributed by atoms with Crippen LogP contribution < -0.4 is 93.6 Å². The molecule has 2 atom stereocenters. The van der Waals surface area contributed by atoms with Gasteiger partial charge in [-0.05, 0) is 94.3 Å². The van der Waals surface area contributed by atoms with Crippen LogP contribution in [0.1, 0.15) is 76.3 Å². The molecule has 2 unspecified atom stereocenters. The molecule has 2 aliphatic rings. The first-order chi connectivity index (χ1) is 27.8. The molecular weight excluding hydrogens is 938 g/mol. The molecule has 2 aromatic carbocycles. The summed E-state index contributed by atoms with van der Waals surface area (Å²) in [5.41, 5.74) is 0.887. The van der Waals surface area contributed by atoms with E-state index >= 15 is 0 Å². The van der Waals surface area contributed by atoms with Gasteiger partial charge in [-0.1, -0.05) is 6.08 Å². The maximum absolute atomic E-state index is 12.3. The van der Waals surface area contributed by atoms with Gasteiger partial charge in [0.05, 0.1) is 46.5 Å². The Balaban J connectivity index is 0.00000661. The minimum atomic E-state index is -4.68. The number of unbranched alkanes of at least 4 members (excludes halogenated alkanes) is 2. The molecule has 2 aromatic rings. The molecule has 334 valence electrons. The number of ether oxygens (including phenoxy) is 2. The van der Waals surface area contributed by atoms with Crippen molar-refractivity contribution >= 4 is 63.5 Å². The number of allylic oxidation sites excluding steroid dienone is 4. The van der Waals surface area contributed by atoms with Crippen molar-refractivity contribution in [1.82, 2.24) is 0 Å². The second-order valence-corrected chi connectivity index (χ2v) is 21.1. The average molecular weight is 991 g/mol. The second kappa shape index (κ2) is 25.2. The van der Waals surface area contributed by atoms with Crippen molar-refractivity contribution in [2.24, 2.45) is 0 Å². The molecule has 4 rings (SSSR count). The van der Waals surface area contributed by atoms with Crippen LogP contribution in [0.4, 0.5) is 11.4 Å². The minimum Gasteiger partial charge on any atom is -0.481 e. The van der Waals surface area contributed by atoms with Gasteiger partial charge >= 0.3 is 94.6 Å². The Kier molecular flexibility index (Phi) is 24.1. The van der Waals surface area contributed by atoms with Crippen molar-refractivity contribution in [3.05, 3.63) is 71.5 Å². The number of carboxylic acid groups (broad SMARTS) is 1. The molecule has 5 N–H and O–H groups in total. The van der Waals surface area contributed by atoms with E-state index in [1.165, 1.54) is 43.5 Å². The fourth-order valence-corrected chi connectivity index (χ4v) is 9.99. The number of carbonyl (C=O) groups is 1. The molecule has 25 heteroatoms. The standard InChI is InChI=1S/C38H52N2O16S4.3Na/c1-37(17-8-24-57(43,44)45)30-26-28(59(49,50)51)13-15-32(30)39(19-6-4-5-12-36(41)42)34(37)10-7-11-35-38(2,18-9-25-58(46,47)48)31-27-29(60(52,53)54)14-16-33(31)40(35)20-21-56-23-22-55-3;;;/h7,10-11,13-16,26-27H,4-6,8-9,12,17-25H2,1-3H3,(H4-,41,42,43,44,45,46,47,48,49,50,51,52,53,54);;;/q;3*+1/p+1. The number of carboxylic acids is 1. The van der Waals surface area contributed by atoms with Gasteiger partial charge in [0.25, 0.3) is 40.5 Å². The first kappa shape index (κ1) is 60.4. The Morgan fingerprint density at radius 3 is 1.83 bits per heavy atom. The number of fused-ring (bicyclic) bond motifs is 2. The van der Waals surface area contributed by atoms with Gasteiger partial charge in [0.1, 0.15) is 6.54 Å². The van der Waals surface area contributed by atoms with Crippen LogP contribution in [0, 0.1) is 0 Å². The third-order valence-electron chi connectivity index (χ3n) is 10.8. The van der Waals surface area contributed by atoms with E-state index in [0.717, 1.165) is 0 Å². The van der Waals surface area contributed by atoms with Crippen molar-refractivity contribution in [3.63, 3.8) is 0 Å². The van der Waals surface area contributed by atoms with E-state index in [2.05, 4.69) is 0 Å². The molecule has 0 spiro atoms. The van der Waals surface area contributed by atoms with E-state index in [9.17, 15) is 56.7 Å². The summed E-state index contributed by atoms with van der Waals surface area (Å²) < 4.78 is 148. The number of rotatable bonds is 24. The van der Waals surface area contributed by atoms with Gasteiger partial charge in [0, 0.05) is 61.0 Å². The van der Waals surface area contributed by atoms with Crippen LogP contribution in [0.2, 0.25) is 0 Å². The van der Waals surface area contributed by atoms with Gasteiger partial charge in [-0.2, -0.15) is 38.2 Å². The molecule has 0 fully saturated rings. The second-order valence-electron chi connectivity index (χ2n) is 15.2. The van der Waals surface area contributed by atoms with Crippen LogP contribution in [0.15, 0.2) is 70.1 Å². The predicted molar refractivity (Wildman–Crippen MR) is 222 cm³/mol. The summed E-state index contributed by atoms with van der Waals surface area (Å²) in [6, 6.07) is 8.14. The van der Waals surface area contributed by atoms with Gasteiger partial charge in [-0.15, -0.1) is 0 Å². The first-order valence-corrected chi connectivity index (χ1v) is 25.2. The molecule has 0 saturated heterocycles. The monoisotopic (exact) mass is 990 g/mol. The number of methoxy groups -OCH3 is 1. The molecule has 0 radical (unpaired) electrons. The molecule has 2 heterocycles. The van der Waals surface area contributed by atoms with Gasteiger partial charge in [0.15, 0.2) is 5.71 Å². The van der Waals surface area contributed by atoms with E-state index in [1.54, 1.807) is 32.1 Å². The summed E-state index contributed by atoms with van der Waals surface area (Å²) in [6.07, 6.45) is 6.61. The third kappa shape index (κ3) is 16.6. The summed E-state index contributed by atoms with van der Waals surface area (Å²) in [7, 11) is -16.6. The molecule has 0 aliphatic carbocycles. The summed E-state index contributed by atoms with van der Waals surface area (Å²) >= 11 is 0. The summed E-state index contributed by atoms with van der Waals surface area (Å²) in [5, 5.41) is 9.16. The third-order valence-corrected chi connectivity index (χ3v) is 14.2. The maximum Gasteiger partial charge on any atom is 1.00 e. The zero-order chi connectivity index (χ0) is 44.7. The fraction of sp³-hybridized carbons (Fsp3) is 0.526.